The number of fused-ring (bicyclic) bond motifs is 2. The highest BCUT2D eigenvalue weighted by molar-refractivity contribution is 6.30. The minimum Gasteiger partial charge on any atom is -0.497 e. The molecule has 5 nitrogen and oxygen atoms in total. The molecule has 130 valence electrons. The molecule has 2 heterocycles. The summed E-state index contributed by atoms with van der Waals surface area (Å²) in [5.74, 6) is 1.49. The van der Waals surface area contributed by atoms with Gasteiger partial charge >= 0.3 is 0 Å². The maximum atomic E-state index is 12.8. The van der Waals surface area contributed by atoms with E-state index in [0.717, 1.165) is 11.1 Å². The summed E-state index contributed by atoms with van der Waals surface area (Å²) in [6.45, 7) is 2.44. The van der Waals surface area contributed by atoms with Crippen LogP contribution < -0.4 is 14.2 Å². The highest BCUT2D eigenvalue weighted by Gasteiger charge is 2.38. The molecule has 0 aromatic heterocycles. The molecular formula is C19H17ClO5. The van der Waals surface area contributed by atoms with Gasteiger partial charge in [0.1, 0.15) is 23.4 Å². The van der Waals surface area contributed by atoms with Crippen molar-refractivity contribution in [3.05, 3.63) is 52.0 Å². The largest absolute Gasteiger partial charge is 0.497 e. The Labute approximate surface area is 150 Å². The lowest BCUT2D eigenvalue weighted by atomic mass is 9.86. The van der Waals surface area contributed by atoms with Gasteiger partial charge in [0, 0.05) is 22.2 Å². The summed E-state index contributed by atoms with van der Waals surface area (Å²) < 4.78 is 22.4. The zero-order valence-electron chi connectivity index (χ0n) is 13.9. The molecule has 0 spiro atoms. The van der Waals surface area contributed by atoms with Crippen LogP contribution in [0.4, 0.5) is 0 Å². The minimum absolute atomic E-state index is 0.0229. The van der Waals surface area contributed by atoms with E-state index in [0.29, 0.717) is 34.4 Å². The quantitative estimate of drug-likeness (QED) is 0.804. The predicted molar refractivity (Wildman–Crippen MR) is 91.6 cm³/mol. The number of halogens is 1. The third-order valence-electron chi connectivity index (χ3n) is 4.59. The van der Waals surface area contributed by atoms with Crippen molar-refractivity contribution in [1.29, 1.82) is 0 Å². The molecule has 6 heteroatoms. The number of benzene rings is 2. The lowest BCUT2D eigenvalue weighted by Gasteiger charge is -2.33. The average molecular weight is 361 g/mol. The van der Waals surface area contributed by atoms with E-state index in [9.17, 15) is 4.79 Å². The molecule has 0 unspecified atom stereocenters. The number of rotatable bonds is 2. The van der Waals surface area contributed by atoms with E-state index < -0.39 is 6.10 Å². The molecule has 2 aliphatic rings. The van der Waals surface area contributed by atoms with Crippen LogP contribution in [0.15, 0.2) is 30.3 Å². The first-order valence-electron chi connectivity index (χ1n) is 8.00. The average Bonchev–Trinajstić information content (AvgIpc) is 2.63. The van der Waals surface area contributed by atoms with Gasteiger partial charge in [-0.2, -0.15) is 0 Å². The molecular weight excluding hydrogens is 344 g/mol. The Balaban J connectivity index is 1.81. The van der Waals surface area contributed by atoms with Gasteiger partial charge in [-0.05, 0) is 24.3 Å². The maximum Gasteiger partial charge on any atom is 0.189 e. The van der Waals surface area contributed by atoms with Crippen LogP contribution in [0, 0.1) is 5.92 Å². The van der Waals surface area contributed by atoms with Crippen LogP contribution in [0.25, 0.3) is 0 Å². The van der Waals surface area contributed by atoms with Gasteiger partial charge in [-0.1, -0.05) is 18.5 Å². The van der Waals surface area contributed by atoms with E-state index in [1.165, 1.54) is 0 Å². The molecule has 0 fully saturated rings. The summed E-state index contributed by atoms with van der Waals surface area (Å²) in [5.41, 5.74) is 2.18. The molecule has 0 radical (unpaired) electrons. The van der Waals surface area contributed by atoms with Crippen molar-refractivity contribution < 1.29 is 23.7 Å². The molecule has 0 saturated carbocycles. The van der Waals surface area contributed by atoms with Gasteiger partial charge < -0.3 is 18.9 Å². The number of hydrogen-bond donors (Lipinski definition) is 0. The lowest BCUT2D eigenvalue weighted by Crippen LogP contribution is -2.30. The van der Waals surface area contributed by atoms with Crippen LogP contribution in [-0.4, -0.2) is 19.7 Å². The maximum absolute atomic E-state index is 12.8. The summed E-state index contributed by atoms with van der Waals surface area (Å²) in [7, 11) is 1.58. The first-order chi connectivity index (χ1) is 12.1. The predicted octanol–water partition coefficient (Wildman–Crippen LogP) is 4.17. The molecule has 2 aliphatic heterocycles. The van der Waals surface area contributed by atoms with Crippen molar-refractivity contribution in [3.63, 3.8) is 0 Å². The molecule has 25 heavy (non-hydrogen) atoms. The Morgan fingerprint density at radius 1 is 1.24 bits per heavy atom. The van der Waals surface area contributed by atoms with Gasteiger partial charge in [0.05, 0.1) is 25.2 Å². The van der Waals surface area contributed by atoms with Crippen molar-refractivity contribution in [3.8, 4) is 17.2 Å². The van der Waals surface area contributed by atoms with Gasteiger partial charge in [0.15, 0.2) is 12.6 Å². The third kappa shape index (κ3) is 2.73. The Morgan fingerprint density at radius 3 is 2.88 bits per heavy atom. The fraction of sp³-hybridized carbons (Fsp3) is 0.316. The number of Topliss-reactive ketones (excluding diaryl/α,β-unsaturated/α-hetero) is 1. The second-order valence-corrected chi connectivity index (χ2v) is 6.58. The van der Waals surface area contributed by atoms with Crippen LogP contribution in [-0.2, 0) is 11.3 Å². The zero-order chi connectivity index (χ0) is 17.6. The highest BCUT2D eigenvalue weighted by Crippen LogP contribution is 2.45. The second-order valence-electron chi connectivity index (χ2n) is 6.15. The van der Waals surface area contributed by atoms with Gasteiger partial charge in [-0.25, -0.2) is 0 Å². The van der Waals surface area contributed by atoms with E-state index >= 15 is 0 Å². The number of ketones is 1. The first-order valence-corrected chi connectivity index (χ1v) is 8.38. The molecule has 2 aromatic rings. The smallest absolute Gasteiger partial charge is 0.189 e. The van der Waals surface area contributed by atoms with Gasteiger partial charge in [0.2, 0.25) is 0 Å². The summed E-state index contributed by atoms with van der Waals surface area (Å²) in [4.78, 5) is 12.8. The van der Waals surface area contributed by atoms with Gasteiger partial charge in [-0.15, -0.1) is 0 Å². The summed E-state index contributed by atoms with van der Waals surface area (Å²) in [6, 6.07) is 8.83. The molecule has 4 rings (SSSR count). The number of ether oxygens (including phenoxy) is 4. The number of methoxy groups -OCH3 is 1. The Kier molecular flexibility index (Phi) is 4.06. The van der Waals surface area contributed by atoms with Gasteiger partial charge in [0.25, 0.3) is 0 Å². The minimum atomic E-state index is -0.488. The Morgan fingerprint density at radius 2 is 2.08 bits per heavy atom. The van der Waals surface area contributed by atoms with Crippen LogP contribution in [0.1, 0.15) is 34.5 Å². The van der Waals surface area contributed by atoms with E-state index in [-0.39, 0.29) is 18.5 Å². The highest BCUT2D eigenvalue weighted by atomic mass is 35.5. The Bertz CT molecular complexity index is 848. The third-order valence-corrected chi connectivity index (χ3v) is 4.80. The lowest BCUT2D eigenvalue weighted by molar-refractivity contribution is -0.0189. The summed E-state index contributed by atoms with van der Waals surface area (Å²) in [5, 5.41) is 0.558. The normalized spacial score (nSPS) is 21.6. The van der Waals surface area contributed by atoms with Crippen LogP contribution in [0.5, 0.6) is 17.2 Å². The summed E-state index contributed by atoms with van der Waals surface area (Å²) in [6.07, 6.45) is -0.488. The molecule has 0 aliphatic carbocycles. The number of carbonyl (C=O) groups excluding carboxylic acids is 1. The van der Waals surface area contributed by atoms with Crippen molar-refractivity contribution in [2.75, 3.05) is 13.9 Å². The van der Waals surface area contributed by atoms with E-state index in [1.54, 1.807) is 31.4 Å². The molecule has 0 N–H and O–H groups in total. The van der Waals surface area contributed by atoms with E-state index in [4.69, 9.17) is 30.5 Å². The SMILES string of the molecule is COc1ccc2c(c1)O[C@@H](c1cc(Cl)cc3c1OCOC3)[C@H](C)C2=O. The van der Waals surface area contributed by atoms with Crippen LogP contribution in [0.2, 0.25) is 5.02 Å². The topological polar surface area (TPSA) is 54.0 Å². The zero-order valence-corrected chi connectivity index (χ0v) is 14.6. The summed E-state index contributed by atoms with van der Waals surface area (Å²) >= 11 is 6.26. The monoisotopic (exact) mass is 360 g/mol. The number of carbonyl (C=O) groups is 1. The van der Waals surface area contributed by atoms with Crippen LogP contribution >= 0.6 is 11.6 Å². The van der Waals surface area contributed by atoms with Gasteiger partial charge in [-0.3, -0.25) is 4.79 Å². The molecule has 0 amide bonds. The van der Waals surface area contributed by atoms with Crippen molar-refractivity contribution in [2.24, 2.45) is 5.92 Å². The molecule has 0 saturated heterocycles. The standard InChI is InChI=1S/C19H17ClO5/c1-10-17(21)14-4-3-13(22-2)7-16(14)25-18(10)15-6-12(20)5-11-8-23-9-24-19(11)15/h3-7,10,18H,8-9H2,1-2H3/t10-,18-/m1/s1. The van der Waals surface area contributed by atoms with E-state index in [1.807, 2.05) is 13.0 Å². The molecule has 0 bridgehead atoms. The molecule has 2 aromatic carbocycles. The Hall–Kier alpha value is -2.24. The van der Waals surface area contributed by atoms with Crippen LogP contribution in [0.3, 0.4) is 0 Å². The van der Waals surface area contributed by atoms with Crippen molar-refractivity contribution in [1.82, 2.24) is 0 Å². The first kappa shape index (κ1) is 16.2. The fourth-order valence-electron chi connectivity index (χ4n) is 3.31. The second kappa shape index (κ2) is 6.24. The van der Waals surface area contributed by atoms with E-state index in [2.05, 4.69) is 0 Å². The number of hydrogen-bond acceptors (Lipinski definition) is 5. The van der Waals surface area contributed by atoms with Crippen molar-refractivity contribution >= 4 is 17.4 Å². The fourth-order valence-corrected chi connectivity index (χ4v) is 3.55. The van der Waals surface area contributed by atoms with Crippen molar-refractivity contribution in [2.45, 2.75) is 19.6 Å². The molecule has 2 atom stereocenters.